The molecule has 0 aliphatic rings. The molecule has 16 heavy (non-hydrogen) atoms. The van der Waals surface area contributed by atoms with Crippen molar-refractivity contribution in [2.24, 2.45) is 0 Å². The van der Waals surface area contributed by atoms with Gasteiger partial charge in [0, 0.05) is 7.11 Å². The zero-order valence-corrected chi connectivity index (χ0v) is 9.73. The Labute approximate surface area is 109 Å². The second-order valence-electron chi connectivity index (χ2n) is 3.37. The Morgan fingerprint density at radius 1 is 1.06 bits per heavy atom. The first-order valence-electron chi connectivity index (χ1n) is 4.96. The van der Waals surface area contributed by atoms with Gasteiger partial charge in [0.15, 0.2) is 0 Å². The number of hydrogen-bond acceptors (Lipinski definition) is 1. The van der Waals surface area contributed by atoms with Crippen molar-refractivity contribution in [3.05, 3.63) is 60.2 Å². The van der Waals surface area contributed by atoms with Crippen molar-refractivity contribution >= 4 is 0 Å². The number of benzene rings is 2. The summed E-state index contributed by atoms with van der Waals surface area (Å²) in [6.07, 6.45) is 0. The van der Waals surface area contributed by atoms with Crippen LogP contribution in [0, 0.1) is 6.07 Å². The van der Waals surface area contributed by atoms with E-state index in [9.17, 15) is 0 Å². The van der Waals surface area contributed by atoms with Crippen LogP contribution in [0.2, 0.25) is 0 Å². The molecular formula is C14H13LiO. The molecule has 0 unspecified atom stereocenters. The molecule has 2 aromatic rings. The summed E-state index contributed by atoms with van der Waals surface area (Å²) in [6.45, 7) is 0.638. The Balaban J connectivity index is 0.00000128. The van der Waals surface area contributed by atoms with Crippen LogP contribution in [0.1, 0.15) is 5.56 Å². The van der Waals surface area contributed by atoms with Crippen LogP contribution in [0.15, 0.2) is 48.5 Å². The van der Waals surface area contributed by atoms with Crippen LogP contribution in [0.3, 0.4) is 0 Å². The summed E-state index contributed by atoms with van der Waals surface area (Å²) in [5.41, 5.74) is 3.51. The summed E-state index contributed by atoms with van der Waals surface area (Å²) in [5, 5.41) is 0. The molecule has 0 atom stereocenters. The summed E-state index contributed by atoms with van der Waals surface area (Å²) in [7, 11) is 1.71. The molecule has 2 aromatic carbocycles. The Kier molecular flexibility index (Phi) is 5.35. The molecule has 0 fully saturated rings. The van der Waals surface area contributed by atoms with Crippen LogP contribution >= 0.6 is 0 Å². The van der Waals surface area contributed by atoms with Crippen molar-refractivity contribution < 1.29 is 23.6 Å². The van der Waals surface area contributed by atoms with E-state index in [0.29, 0.717) is 6.61 Å². The number of methoxy groups -OCH3 is 1. The van der Waals surface area contributed by atoms with Gasteiger partial charge in [0.05, 0.1) is 6.61 Å². The standard InChI is InChI=1S/C14H13O.Li/c1-15-11-13-9-5-6-10-14(13)12-7-3-2-4-8-12;/h2-7,9-10H,11H2,1H3;/q-1;+1. The maximum absolute atomic E-state index is 5.18. The van der Waals surface area contributed by atoms with Crippen molar-refractivity contribution in [1.82, 2.24) is 0 Å². The molecule has 0 radical (unpaired) electrons. The maximum Gasteiger partial charge on any atom is 1.00 e. The van der Waals surface area contributed by atoms with Crippen molar-refractivity contribution in [2.45, 2.75) is 6.61 Å². The van der Waals surface area contributed by atoms with Gasteiger partial charge in [0.1, 0.15) is 0 Å². The Morgan fingerprint density at radius 3 is 2.50 bits per heavy atom. The van der Waals surface area contributed by atoms with Crippen LogP contribution in [0.5, 0.6) is 0 Å². The molecule has 2 rings (SSSR count). The van der Waals surface area contributed by atoms with E-state index in [2.05, 4.69) is 24.3 Å². The van der Waals surface area contributed by atoms with Gasteiger partial charge in [-0.25, -0.2) is 0 Å². The van der Waals surface area contributed by atoms with Crippen LogP contribution in [-0.2, 0) is 11.3 Å². The van der Waals surface area contributed by atoms with Gasteiger partial charge in [-0.15, -0.1) is 35.9 Å². The van der Waals surface area contributed by atoms with Gasteiger partial charge in [0.25, 0.3) is 0 Å². The largest absolute Gasteiger partial charge is 1.00 e. The molecule has 0 spiro atoms. The average Bonchev–Trinajstić information content (AvgIpc) is 2.31. The summed E-state index contributed by atoms with van der Waals surface area (Å²) in [5.74, 6) is 0. The minimum absolute atomic E-state index is 0. The number of ether oxygens (including phenoxy) is 1. The van der Waals surface area contributed by atoms with Gasteiger partial charge >= 0.3 is 18.9 Å². The third kappa shape index (κ3) is 2.99. The number of hydrogen-bond donors (Lipinski definition) is 0. The number of rotatable bonds is 3. The molecule has 0 aromatic heterocycles. The van der Waals surface area contributed by atoms with E-state index in [-0.39, 0.29) is 18.9 Å². The van der Waals surface area contributed by atoms with Gasteiger partial charge in [-0.1, -0.05) is 35.4 Å². The molecule has 0 bridgehead atoms. The van der Waals surface area contributed by atoms with Crippen molar-refractivity contribution in [3.8, 4) is 11.1 Å². The molecule has 0 aliphatic carbocycles. The molecule has 0 saturated carbocycles. The Bertz CT molecular complexity index is 426. The SMILES string of the molecule is COCc1ccccc1-c1[c-]cccc1.[Li+]. The predicted molar refractivity (Wildman–Crippen MR) is 61.4 cm³/mol. The monoisotopic (exact) mass is 204 g/mol. The molecule has 0 saturated heterocycles. The van der Waals surface area contributed by atoms with Gasteiger partial charge < -0.3 is 4.74 Å². The second kappa shape index (κ2) is 6.55. The normalized spacial score (nSPS) is 9.56. The molecule has 0 amide bonds. The van der Waals surface area contributed by atoms with E-state index in [1.807, 2.05) is 30.3 Å². The molecule has 76 valence electrons. The summed E-state index contributed by atoms with van der Waals surface area (Å²) in [4.78, 5) is 0. The smallest absolute Gasteiger partial charge is 0.381 e. The van der Waals surface area contributed by atoms with E-state index >= 15 is 0 Å². The molecule has 2 heteroatoms. The van der Waals surface area contributed by atoms with Crippen LogP contribution < -0.4 is 18.9 Å². The summed E-state index contributed by atoms with van der Waals surface area (Å²) < 4.78 is 5.18. The van der Waals surface area contributed by atoms with Gasteiger partial charge in [-0.05, 0) is 0 Å². The van der Waals surface area contributed by atoms with Crippen molar-refractivity contribution in [2.75, 3.05) is 7.11 Å². The zero-order chi connectivity index (χ0) is 10.5. The predicted octanol–water partition coefficient (Wildman–Crippen LogP) is 0.304. The fraction of sp³-hybridized carbons (Fsp3) is 0.143. The van der Waals surface area contributed by atoms with Crippen molar-refractivity contribution in [3.63, 3.8) is 0 Å². The fourth-order valence-corrected chi connectivity index (χ4v) is 1.63. The third-order valence-electron chi connectivity index (χ3n) is 2.32. The Morgan fingerprint density at radius 2 is 1.81 bits per heavy atom. The minimum atomic E-state index is 0. The zero-order valence-electron chi connectivity index (χ0n) is 9.73. The van der Waals surface area contributed by atoms with Crippen LogP contribution in [0.25, 0.3) is 11.1 Å². The first kappa shape index (κ1) is 13.1. The van der Waals surface area contributed by atoms with Crippen LogP contribution in [-0.4, -0.2) is 7.11 Å². The minimum Gasteiger partial charge on any atom is -0.381 e. The third-order valence-corrected chi connectivity index (χ3v) is 2.32. The van der Waals surface area contributed by atoms with E-state index < -0.39 is 0 Å². The van der Waals surface area contributed by atoms with E-state index in [1.165, 1.54) is 11.1 Å². The molecule has 0 heterocycles. The molecular weight excluding hydrogens is 191 g/mol. The Hall–Kier alpha value is -1.00. The maximum atomic E-state index is 5.18. The quantitative estimate of drug-likeness (QED) is 0.516. The van der Waals surface area contributed by atoms with E-state index in [0.717, 1.165) is 5.56 Å². The first-order valence-corrected chi connectivity index (χ1v) is 4.96. The molecule has 0 aliphatic heterocycles. The summed E-state index contributed by atoms with van der Waals surface area (Å²) >= 11 is 0. The van der Waals surface area contributed by atoms with Crippen molar-refractivity contribution in [1.29, 1.82) is 0 Å². The molecule has 0 N–H and O–H groups in total. The first-order chi connectivity index (χ1) is 7.42. The fourth-order valence-electron chi connectivity index (χ4n) is 1.63. The molecule has 1 nitrogen and oxygen atoms in total. The van der Waals surface area contributed by atoms with Gasteiger partial charge in [-0.3, -0.25) is 0 Å². The van der Waals surface area contributed by atoms with E-state index in [4.69, 9.17) is 4.74 Å². The van der Waals surface area contributed by atoms with Crippen LogP contribution in [0.4, 0.5) is 0 Å². The average molecular weight is 204 g/mol. The topological polar surface area (TPSA) is 9.23 Å². The second-order valence-corrected chi connectivity index (χ2v) is 3.37. The van der Waals surface area contributed by atoms with Gasteiger partial charge in [0.2, 0.25) is 0 Å². The summed E-state index contributed by atoms with van der Waals surface area (Å²) in [6, 6.07) is 19.5. The van der Waals surface area contributed by atoms with E-state index in [1.54, 1.807) is 7.11 Å². The van der Waals surface area contributed by atoms with Gasteiger partial charge in [-0.2, -0.15) is 0 Å².